The summed E-state index contributed by atoms with van der Waals surface area (Å²) < 4.78 is 29.2. The van der Waals surface area contributed by atoms with Crippen LogP contribution in [-0.4, -0.2) is 23.1 Å². The Bertz CT molecular complexity index is 940. The summed E-state index contributed by atoms with van der Waals surface area (Å²) in [7, 11) is 2.08. The van der Waals surface area contributed by atoms with Crippen LogP contribution in [0.3, 0.4) is 0 Å². The van der Waals surface area contributed by atoms with Gasteiger partial charge in [-0.1, -0.05) is 12.1 Å². The second-order valence-corrected chi connectivity index (χ2v) is 6.32. The topological polar surface area (TPSA) is 8.17 Å². The first kappa shape index (κ1) is 15.1. The van der Waals surface area contributed by atoms with Crippen LogP contribution in [0.15, 0.2) is 42.5 Å². The molecule has 4 rings (SSSR count). The first-order valence-corrected chi connectivity index (χ1v) is 8.05. The number of benzene rings is 2. The summed E-state index contributed by atoms with van der Waals surface area (Å²) in [6.07, 6.45) is 4.76. The van der Waals surface area contributed by atoms with Gasteiger partial charge < -0.3 is 9.47 Å². The molecule has 0 saturated heterocycles. The molecule has 2 heterocycles. The van der Waals surface area contributed by atoms with Crippen molar-refractivity contribution in [1.82, 2.24) is 9.47 Å². The van der Waals surface area contributed by atoms with E-state index in [1.54, 1.807) is 12.1 Å². The number of hydrogen-bond donors (Lipinski definition) is 0. The quantitative estimate of drug-likeness (QED) is 0.672. The summed E-state index contributed by atoms with van der Waals surface area (Å²) >= 11 is 0. The van der Waals surface area contributed by atoms with E-state index < -0.39 is 0 Å². The molecule has 0 bridgehead atoms. The Balaban J connectivity index is 1.86. The minimum absolute atomic E-state index is 0.218. The van der Waals surface area contributed by atoms with Crippen molar-refractivity contribution in [3.8, 4) is 0 Å². The van der Waals surface area contributed by atoms with Crippen LogP contribution in [0, 0.1) is 11.6 Å². The van der Waals surface area contributed by atoms with Crippen LogP contribution in [0.2, 0.25) is 0 Å². The predicted octanol–water partition coefficient (Wildman–Crippen LogP) is 4.54. The standard InChI is InChI=1S/C20H18F2N2/c1-23-9-8-20-18(13-23)17-12-16(22)5-6-19(17)24(20)10-7-14-3-2-4-15(21)11-14/h2-7,10-12H,8-9,13H2,1H3. The lowest BCUT2D eigenvalue weighted by molar-refractivity contribution is 0.312. The van der Waals surface area contributed by atoms with Gasteiger partial charge in [-0.05, 0) is 54.6 Å². The number of fused-ring (bicyclic) bond motifs is 3. The molecule has 1 aromatic heterocycles. The van der Waals surface area contributed by atoms with Gasteiger partial charge in [0.25, 0.3) is 0 Å². The Morgan fingerprint density at radius 3 is 2.71 bits per heavy atom. The van der Waals surface area contributed by atoms with Gasteiger partial charge in [-0.25, -0.2) is 8.78 Å². The van der Waals surface area contributed by atoms with E-state index in [9.17, 15) is 8.78 Å². The molecule has 3 aromatic rings. The molecule has 0 aliphatic carbocycles. The van der Waals surface area contributed by atoms with Crippen LogP contribution in [0.25, 0.3) is 23.2 Å². The third-order valence-corrected chi connectivity index (χ3v) is 4.61. The molecule has 0 fully saturated rings. The Morgan fingerprint density at radius 1 is 1.04 bits per heavy atom. The lowest BCUT2D eigenvalue weighted by atomic mass is 10.1. The largest absolute Gasteiger partial charge is 0.320 e. The van der Waals surface area contributed by atoms with Gasteiger partial charge >= 0.3 is 0 Å². The summed E-state index contributed by atoms with van der Waals surface area (Å²) in [5, 5.41) is 0.959. The van der Waals surface area contributed by atoms with Gasteiger partial charge in [0.1, 0.15) is 11.6 Å². The number of likely N-dealkylation sites (N-methyl/N-ethyl adjacent to an activating group) is 1. The highest BCUT2D eigenvalue weighted by Crippen LogP contribution is 2.31. The van der Waals surface area contributed by atoms with Crippen molar-refractivity contribution in [2.45, 2.75) is 13.0 Å². The zero-order valence-electron chi connectivity index (χ0n) is 13.5. The zero-order chi connectivity index (χ0) is 16.7. The van der Waals surface area contributed by atoms with Crippen LogP contribution in [0.1, 0.15) is 16.8 Å². The van der Waals surface area contributed by atoms with Gasteiger partial charge in [-0.3, -0.25) is 0 Å². The van der Waals surface area contributed by atoms with Gasteiger partial charge in [0.05, 0.1) is 5.52 Å². The Labute approximate surface area is 139 Å². The summed E-state index contributed by atoms with van der Waals surface area (Å²) in [4.78, 5) is 2.24. The van der Waals surface area contributed by atoms with Gasteiger partial charge in [0, 0.05) is 36.8 Å². The second kappa shape index (κ2) is 5.87. The average Bonchev–Trinajstić information content (AvgIpc) is 2.85. The minimum atomic E-state index is -0.250. The molecule has 0 radical (unpaired) electrons. The number of rotatable bonds is 2. The lowest BCUT2D eigenvalue weighted by Gasteiger charge is -2.23. The normalized spacial score (nSPS) is 15.3. The first-order chi connectivity index (χ1) is 11.6. The Morgan fingerprint density at radius 2 is 1.88 bits per heavy atom. The number of nitrogens with zero attached hydrogens (tertiary/aromatic N) is 2. The summed E-state index contributed by atoms with van der Waals surface area (Å²) in [6, 6.07) is 11.4. The number of hydrogen-bond acceptors (Lipinski definition) is 1. The van der Waals surface area contributed by atoms with E-state index in [0.717, 1.165) is 36.0 Å². The lowest BCUT2D eigenvalue weighted by Crippen LogP contribution is -2.26. The number of aromatic nitrogens is 1. The van der Waals surface area contributed by atoms with Crippen molar-refractivity contribution in [3.63, 3.8) is 0 Å². The Kier molecular flexibility index (Phi) is 3.69. The van der Waals surface area contributed by atoms with Crippen molar-refractivity contribution >= 4 is 23.2 Å². The van der Waals surface area contributed by atoms with E-state index >= 15 is 0 Å². The van der Waals surface area contributed by atoms with Crippen molar-refractivity contribution in [2.24, 2.45) is 0 Å². The van der Waals surface area contributed by atoms with E-state index in [2.05, 4.69) is 16.5 Å². The summed E-state index contributed by atoms with van der Waals surface area (Å²) in [5.41, 5.74) is 4.19. The molecule has 0 unspecified atom stereocenters. The van der Waals surface area contributed by atoms with E-state index in [0.29, 0.717) is 0 Å². The minimum Gasteiger partial charge on any atom is -0.320 e. The second-order valence-electron chi connectivity index (χ2n) is 6.32. The first-order valence-electron chi connectivity index (χ1n) is 8.05. The zero-order valence-corrected chi connectivity index (χ0v) is 13.5. The molecule has 1 aliphatic heterocycles. The van der Waals surface area contributed by atoms with Crippen LogP contribution in [0.5, 0.6) is 0 Å². The van der Waals surface area contributed by atoms with E-state index in [-0.39, 0.29) is 11.6 Å². The third-order valence-electron chi connectivity index (χ3n) is 4.61. The fourth-order valence-electron chi connectivity index (χ4n) is 3.44. The van der Waals surface area contributed by atoms with Gasteiger partial charge in [0.2, 0.25) is 0 Å². The SMILES string of the molecule is CN1CCc2c(c3cc(F)ccc3n2C=Cc2cccc(F)c2)C1. The molecular weight excluding hydrogens is 306 g/mol. The van der Waals surface area contributed by atoms with Crippen LogP contribution in [0.4, 0.5) is 8.78 Å². The van der Waals surface area contributed by atoms with E-state index in [1.807, 2.05) is 24.4 Å². The summed E-state index contributed by atoms with van der Waals surface area (Å²) in [5.74, 6) is -0.468. The molecule has 0 N–H and O–H groups in total. The summed E-state index contributed by atoms with van der Waals surface area (Å²) in [6.45, 7) is 1.79. The van der Waals surface area contributed by atoms with Crippen molar-refractivity contribution in [2.75, 3.05) is 13.6 Å². The highest BCUT2D eigenvalue weighted by molar-refractivity contribution is 5.88. The number of halogens is 2. The fourth-order valence-corrected chi connectivity index (χ4v) is 3.44. The molecule has 1 aliphatic rings. The average molecular weight is 324 g/mol. The molecule has 2 aromatic carbocycles. The molecule has 0 saturated carbocycles. The van der Waals surface area contributed by atoms with Gasteiger partial charge in [-0.2, -0.15) is 0 Å². The van der Waals surface area contributed by atoms with Crippen LogP contribution >= 0.6 is 0 Å². The third kappa shape index (κ3) is 2.63. The molecule has 0 spiro atoms. The van der Waals surface area contributed by atoms with Crippen LogP contribution < -0.4 is 0 Å². The van der Waals surface area contributed by atoms with Crippen molar-refractivity contribution < 1.29 is 8.78 Å². The predicted molar refractivity (Wildman–Crippen MR) is 93.6 cm³/mol. The van der Waals surface area contributed by atoms with Gasteiger partial charge in [0.15, 0.2) is 0 Å². The van der Waals surface area contributed by atoms with Crippen molar-refractivity contribution in [1.29, 1.82) is 0 Å². The molecule has 0 atom stereocenters. The maximum atomic E-state index is 13.7. The van der Waals surface area contributed by atoms with E-state index in [4.69, 9.17) is 0 Å². The maximum Gasteiger partial charge on any atom is 0.123 e. The Hall–Kier alpha value is -2.46. The maximum absolute atomic E-state index is 13.7. The monoisotopic (exact) mass is 324 g/mol. The smallest absolute Gasteiger partial charge is 0.123 e. The van der Waals surface area contributed by atoms with Crippen molar-refractivity contribution in [3.05, 3.63) is 70.9 Å². The van der Waals surface area contributed by atoms with E-state index in [1.165, 1.54) is 29.5 Å². The molecular formula is C20H18F2N2. The molecule has 2 nitrogen and oxygen atoms in total. The molecule has 4 heteroatoms. The van der Waals surface area contributed by atoms with Crippen LogP contribution in [-0.2, 0) is 13.0 Å². The fraction of sp³-hybridized carbons (Fsp3) is 0.200. The molecule has 24 heavy (non-hydrogen) atoms. The molecule has 122 valence electrons. The molecule has 0 amide bonds. The highest BCUT2D eigenvalue weighted by Gasteiger charge is 2.21. The highest BCUT2D eigenvalue weighted by atomic mass is 19.1. The van der Waals surface area contributed by atoms with Gasteiger partial charge in [-0.15, -0.1) is 0 Å².